The fourth-order valence-corrected chi connectivity index (χ4v) is 14.5. The van der Waals surface area contributed by atoms with Gasteiger partial charge in [0.25, 0.3) is 0 Å². The third kappa shape index (κ3) is 77.8. The Hall–Kier alpha value is -2.89. The maximum atomic E-state index is 14.2. The van der Waals surface area contributed by atoms with Crippen molar-refractivity contribution in [2.45, 2.75) is 433 Å². The molecule has 628 valence electrons. The number of rotatable bonds is 88. The highest BCUT2D eigenvalue weighted by Crippen LogP contribution is 2.17. The number of hydrogen-bond acceptors (Lipinski definition) is 11. The minimum absolute atomic E-state index is 0.0468. The van der Waals surface area contributed by atoms with Gasteiger partial charge in [0, 0.05) is 78.5 Å². The van der Waals surface area contributed by atoms with Gasteiger partial charge in [-0.3, -0.25) is 48.9 Å². The van der Waals surface area contributed by atoms with Gasteiger partial charge in [0.15, 0.2) is 0 Å². The molecule has 0 saturated heterocycles. The molecule has 1 atom stereocenters. The van der Waals surface area contributed by atoms with Crippen molar-refractivity contribution in [3.05, 3.63) is 0 Å². The molecule has 16 heteroatoms. The van der Waals surface area contributed by atoms with E-state index in [1.807, 2.05) is 9.80 Å². The Bertz CT molecular complexity index is 1830. The first-order valence-corrected chi connectivity index (χ1v) is 46.7. The number of aliphatic hydroxyl groups excluding tert-OH is 1. The summed E-state index contributed by atoms with van der Waals surface area (Å²) in [7, 11) is 0. The predicted octanol–water partition coefficient (Wildman–Crippen LogP) is 20.2. The number of amides is 5. The number of carbonyl (C=O) groups is 5. The molecule has 7 N–H and O–H groups in total. The smallest absolute Gasteiger partial charge is 0.234 e. The normalized spacial score (nSPS) is 12.0. The fraction of sp³-hybridized carbons (Fsp3) is 0.944. The van der Waals surface area contributed by atoms with Crippen LogP contribution in [-0.2, 0) is 24.0 Å². The highest BCUT2D eigenvalue weighted by molar-refractivity contribution is 5.81. The molecule has 0 aliphatic carbocycles. The molecule has 0 spiro atoms. The van der Waals surface area contributed by atoms with Crippen molar-refractivity contribution in [2.24, 2.45) is 0 Å². The molecule has 0 heterocycles. The largest absolute Gasteiger partial charge is 0.377 e. The Labute approximate surface area is 657 Å². The van der Waals surface area contributed by atoms with Crippen LogP contribution in [0.25, 0.3) is 0 Å². The molecular weight excluding hydrogens is 1320 g/mol. The van der Waals surface area contributed by atoms with E-state index in [4.69, 9.17) is 0 Å². The Kier molecular flexibility index (Phi) is 82.3. The van der Waals surface area contributed by atoms with E-state index in [2.05, 4.69) is 83.2 Å². The lowest BCUT2D eigenvalue weighted by atomic mass is 10.1. The van der Waals surface area contributed by atoms with Gasteiger partial charge in [-0.15, -0.1) is 0 Å². The van der Waals surface area contributed by atoms with Gasteiger partial charge in [-0.1, -0.05) is 388 Å². The molecule has 16 nitrogen and oxygen atoms in total. The molecule has 0 aromatic carbocycles. The summed E-state index contributed by atoms with van der Waals surface area (Å²) in [6.07, 6.45) is 72.9. The summed E-state index contributed by atoms with van der Waals surface area (Å²) in [5, 5.41) is 31.1. The van der Waals surface area contributed by atoms with Crippen LogP contribution in [0.15, 0.2) is 0 Å². The summed E-state index contributed by atoms with van der Waals surface area (Å²) in [5.74, 6) is -0.343. The predicted molar refractivity (Wildman–Crippen MR) is 456 cm³/mol. The minimum Gasteiger partial charge on any atom is -0.377 e. The van der Waals surface area contributed by atoms with Crippen LogP contribution >= 0.6 is 0 Å². The first-order valence-electron chi connectivity index (χ1n) is 46.7. The van der Waals surface area contributed by atoms with E-state index in [1.165, 1.54) is 308 Å². The van der Waals surface area contributed by atoms with Crippen LogP contribution in [0.4, 0.5) is 0 Å². The van der Waals surface area contributed by atoms with Crippen molar-refractivity contribution >= 4 is 29.5 Å². The third-order valence-corrected chi connectivity index (χ3v) is 21.6. The molecule has 0 aromatic heterocycles. The molecule has 1 unspecified atom stereocenters. The van der Waals surface area contributed by atoms with Crippen LogP contribution in [0.1, 0.15) is 427 Å². The van der Waals surface area contributed by atoms with Gasteiger partial charge >= 0.3 is 0 Å². The summed E-state index contributed by atoms with van der Waals surface area (Å²) < 4.78 is 0. The molecule has 5 amide bonds. The zero-order valence-corrected chi connectivity index (χ0v) is 71.5. The highest BCUT2D eigenvalue weighted by atomic mass is 16.3. The summed E-state index contributed by atoms with van der Waals surface area (Å²) in [5.41, 5.74) is 0. The van der Waals surface area contributed by atoms with Crippen LogP contribution < -0.4 is 31.9 Å². The van der Waals surface area contributed by atoms with Gasteiger partial charge in [0.1, 0.15) is 6.23 Å². The second-order valence-electron chi connectivity index (χ2n) is 32.3. The minimum atomic E-state index is -0.827. The van der Waals surface area contributed by atoms with E-state index >= 15 is 0 Å². The molecule has 0 aromatic rings. The number of unbranched alkanes of at least 4 members (excludes halogenated alkanes) is 54. The zero-order chi connectivity index (χ0) is 77.2. The van der Waals surface area contributed by atoms with Crippen LogP contribution in [0.2, 0.25) is 0 Å². The SMILES string of the molecule is CCCCCCCCCCCCNC(=O)CN(CCN(CCN(CC(=O)NCCCCCCCCCCCC)CC(O)NCCCCCCCCCCCC)CC(=O)NCCCCCCCCCCCC)CCN(CC(=O)NCCCCCCCCCCCC)CC(=O)NCCCCCCCCCCCC. The molecule has 0 rings (SSSR count). The lowest BCUT2D eigenvalue weighted by Gasteiger charge is -2.31. The van der Waals surface area contributed by atoms with Crippen molar-refractivity contribution in [1.29, 1.82) is 0 Å². The third-order valence-electron chi connectivity index (χ3n) is 21.6. The average molecular weight is 1500 g/mol. The zero-order valence-electron chi connectivity index (χ0n) is 71.5. The van der Waals surface area contributed by atoms with Crippen LogP contribution in [-0.4, -0.2) is 178 Å². The molecule has 0 bridgehead atoms. The molecule has 0 aliphatic heterocycles. The van der Waals surface area contributed by atoms with Gasteiger partial charge in [-0.2, -0.15) is 0 Å². The lowest BCUT2D eigenvalue weighted by molar-refractivity contribution is -0.126. The van der Waals surface area contributed by atoms with Crippen molar-refractivity contribution in [3.63, 3.8) is 0 Å². The van der Waals surface area contributed by atoms with Crippen molar-refractivity contribution < 1.29 is 29.1 Å². The van der Waals surface area contributed by atoms with Gasteiger partial charge in [-0.05, 0) is 45.1 Å². The standard InChI is InChI=1S/C90H182N10O6/c1-7-13-19-25-31-37-43-49-55-61-67-91-85(101)79-97(75-77-99(81-87(103)93-69-63-57-51-45-39-33-27-21-15-9-3)82-88(104)94-70-64-58-52-46-40-34-28-22-16-10-4)73-74-98(80-86(102)92-68-62-56-50-44-38-32-26-20-14-8-2)76-78-100(83-89(105)95-71-65-59-53-47-41-35-29-23-17-11-5)84-90(106)96-72-66-60-54-48-42-36-30-24-18-12-6/h87,93,103H,7-84H2,1-6H3,(H,91,101)(H,92,102)(H,94,104)(H,95,105)(H,96,106). The molecular formula is C90H182N10O6. The lowest BCUT2D eigenvalue weighted by Crippen LogP contribution is -2.50. The van der Waals surface area contributed by atoms with Gasteiger partial charge in [0.2, 0.25) is 29.5 Å². The van der Waals surface area contributed by atoms with Crippen LogP contribution in [0.3, 0.4) is 0 Å². The second-order valence-corrected chi connectivity index (χ2v) is 32.3. The Morgan fingerprint density at radius 1 is 0.208 bits per heavy atom. The first-order chi connectivity index (χ1) is 52.0. The Balaban J connectivity index is 6.79. The molecule has 0 radical (unpaired) electrons. The number of hydrogen-bond donors (Lipinski definition) is 7. The summed E-state index contributed by atoms with van der Waals surface area (Å²) >= 11 is 0. The van der Waals surface area contributed by atoms with E-state index < -0.39 is 6.23 Å². The van der Waals surface area contributed by atoms with Gasteiger partial charge < -0.3 is 31.7 Å². The number of carbonyl (C=O) groups excluding carboxylic acids is 5. The van der Waals surface area contributed by atoms with Crippen molar-refractivity contribution in [1.82, 2.24) is 51.5 Å². The van der Waals surface area contributed by atoms with Crippen molar-refractivity contribution in [2.75, 3.05) is 118 Å². The summed E-state index contributed by atoms with van der Waals surface area (Å²) in [6.45, 7) is 20.9. The Morgan fingerprint density at radius 3 is 0.566 bits per heavy atom. The second kappa shape index (κ2) is 84.6. The van der Waals surface area contributed by atoms with E-state index in [1.54, 1.807) is 0 Å². The van der Waals surface area contributed by atoms with E-state index in [0.717, 1.165) is 77.0 Å². The monoisotopic (exact) mass is 1500 g/mol. The van der Waals surface area contributed by atoms with Gasteiger partial charge in [-0.25, -0.2) is 0 Å². The molecule has 0 aliphatic rings. The summed E-state index contributed by atoms with van der Waals surface area (Å²) in [4.78, 5) is 78.2. The topological polar surface area (TPSA) is 191 Å². The molecule has 0 fully saturated rings. The first kappa shape index (κ1) is 103. The van der Waals surface area contributed by atoms with Crippen molar-refractivity contribution in [3.8, 4) is 0 Å². The Morgan fingerprint density at radius 2 is 0.358 bits per heavy atom. The maximum Gasteiger partial charge on any atom is 0.234 e. The molecule has 106 heavy (non-hydrogen) atoms. The van der Waals surface area contributed by atoms with E-state index in [0.29, 0.717) is 78.5 Å². The average Bonchev–Trinajstić information content (AvgIpc) is 0.916. The maximum absolute atomic E-state index is 14.2. The summed E-state index contributed by atoms with van der Waals surface area (Å²) in [6, 6.07) is 0. The number of aliphatic hydroxyl groups is 1. The molecule has 0 saturated carbocycles. The highest BCUT2D eigenvalue weighted by Gasteiger charge is 2.22. The van der Waals surface area contributed by atoms with Gasteiger partial charge in [0.05, 0.1) is 32.7 Å². The fourth-order valence-electron chi connectivity index (χ4n) is 14.5. The van der Waals surface area contributed by atoms with E-state index in [-0.39, 0.29) is 68.8 Å². The van der Waals surface area contributed by atoms with E-state index in [9.17, 15) is 29.1 Å². The number of nitrogens with one attached hydrogen (secondary N) is 6. The van der Waals surface area contributed by atoms with Crippen LogP contribution in [0, 0.1) is 0 Å². The quantitative estimate of drug-likeness (QED) is 0.0227. The number of nitrogens with zero attached hydrogens (tertiary/aromatic N) is 4. The van der Waals surface area contributed by atoms with Crippen LogP contribution in [0.5, 0.6) is 0 Å².